The predicted octanol–water partition coefficient (Wildman–Crippen LogP) is 1.52. The molecular weight excluding hydrogens is 246 g/mol. The molecule has 5 heteroatoms. The second-order valence-electron chi connectivity index (χ2n) is 5.13. The highest BCUT2D eigenvalue weighted by atomic mass is 16.5. The lowest BCUT2D eigenvalue weighted by atomic mass is 10.1. The maximum absolute atomic E-state index is 12.4. The van der Waals surface area contributed by atoms with E-state index in [9.17, 15) is 9.59 Å². The highest BCUT2D eigenvalue weighted by molar-refractivity contribution is 6.01. The highest BCUT2D eigenvalue weighted by Crippen LogP contribution is 2.43. The molecule has 2 aliphatic rings. The molecule has 1 fully saturated rings. The third kappa shape index (κ3) is 2.05. The second-order valence-corrected chi connectivity index (χ2v) is 5.13. The van der Waals surface area contributed by atoms with Gasteiger partial charge < -0.3 is 14.7 Å². The molecule has 5 nitrogen and oxygen atoms in total. The van der Waals surface area contributed by atoms with Gasteiger partial charge in [0.25, 0.3) is 0 Å². The number of hydrogen-bond donors (Lipinski definition) is 1. The molecule has 0 bridgehead atoms. The molecule has 0 aromatic heterocycles. The molecule has 100 valence electrons. The van der Waals surface area contributed by atoms with Crippen molar-refractivity contribution in [2.45, 2.75) is 19.4 Å². The van der Waals surface area contributed by atoms with Gasteiger partial charge in [0, 0.05) is 0 Å². The van der Waals surface area contributed by atoms with Crippen molar-refractivity contribution >= 4 is 17.6 Å². The summed E-state index contributed by atoms with van der Waals surface area (Å²) in [6.07, 6.45) is 0.364. The van der Waals surface area contributed by atoms with Gasteiger partial charge in [0.05, 0.1) is 24.1 Å². The number of amides is 1. The number of rotatable bonds is 2. The first-order chi connectivity index (χ1) is 9.08. The average Bonchev–Trinajstić information content (AvgIpc) is 3.17. The summed E-state index contributed by atoms with van der Waals surface area (Å²) in [6.45, 7) is 2.37. The summed E-state index contributed by atoms with van der Waals surface area (Å²) in [5.74, 6) is -1.20. The van der Waals surface area contributed by atoms with Crippen molar-refractivity contribution in [2.75, 3.05) is 11.4 Å². The number of carboxylic acid groups (broad SMARTS) is 1. The van der Waals surface area contributed by atoms with E-state index < -0.39 is 11.9 Å². The van der Waals surface area contributed by atoms with E-state index >= 15 is 0 Å². The zero-order valence-corrected chi connectivity index (χ0v) is 10.6. The van der Waals surface area contributed by atoms with Crippen molar-refractivity contribution in [1.82, 2.24) is 0 Å². The Kier molecular flexibility index (Phi) is 2.69. The van der Waals surface area contributed by atoms with E-state index in [1.54, 1.807) is 4.90 Å². The average molecular weight is 261 g/mol. The van der Waals surface area contributed by atoms with Crippen LogP contribution in [0.5, 0.6) is 5.75 Å². The van der Waals surface area contributed by atoms with E-state index in [0.29, 0.717) is 18.7 Å². The lowest BCUT2D eigenvalue weighted by Gasteiger charge is -2.33. The van der Waals surface area contributed by atoms with E-state index in [2.05, 4.69) is 0 Å². The molecule has 1 aromatic carbocycles. The lowest BCUT2D eigenvalue weighted by molar-refractivity contribution is -0.140. The fraction of sp³-hybridized carbons (Fsp3) is 0.429. The van der Waals surface area contributed by atoms with Crippen molar-refractivity contribution in [3.05, 3.63) is 24.3 Å². The number of nitrogens with zero attached hydrogens (tertiary/aromatic N) is 1. The summed E-state index contributed by atoms with van der Waals surface area (Å²) in [4.78, 5) is 24.9. The number of aliphatic carboxylic acids is 1. The first kappa shape index (κ1) is 12.0. The van der Waals surface area contributed by atoms with Gasteiger partial charge in [0.1, 0.15) is 11.9 Å². The molecular formula is C14H15NO4. The summed E-state index contributed by atoms with van der Waals surface area (Å²) in [5, 5.41) is 8.92. The Labute approximate surface area is 110 Å². The van der Waals surface area contributed by atoms with Gasteiger partial charge in [-0.3, -0.25) is 9.59 Å². The topological polar surface area (TPSA) is 66.8 Å². The van der Waals surface area contributed by atoms with Gasteiger partial charge >= 0.3 is 5.97 Å². The van der Waals surface area contributed by atoms with Gasteiger partial charge in [-0.1, -0.05) is 12.1 Å². The summed E-state index contributed by atoms with van der Waals surface area (Å²) in [6, 6.07) is 7.36. The van der Waals surface area contributed by atoms with Crippen LogP contribution in [0.25, 0.3) is 0 Å². The van der Waals surface area contributed by atoms with Crippen LogP contribution in [-0.4, -0.2) is 29.6 Å². The van der Waals surface area contributed by atoms with Gasteiger partial charge in [-0.15, -0.1) is 0 Å². The van der Waals surface area contributed by atoms with Crippen molar-refractivity contribution in [1.29, 1.82) is 0 Å². The normalized spacial score (nSPS) is 28.3. The SMILES string of the molecule is CC1CN(C(=O)C2CC2C(=O)O)c2ccccc2O1. The Balaban J connectivity index is 1.85. The van der Waals surface area contributed by atoms with Crippen LogP contribution in [0.2, 0.25) is 0 Å². The monoisotopic (exact) mass is 261 g/mol. The maximum atomic E-state index is 12.4. The molecule has 1 heterocycles. The van der Waals surface area contributed by atoms with Crippen LogP contribution in [0.4, 0.5) is 5.69 Å². The third-order valence-electron chi connectivity index (χ3n) is 3.61. The van der Waals surface area contributed by atoms with Crippen LogP contribution < -0.4 is 9.64 Å². The number of carbonyl (C=O) groups is 2. The molecule has 1 aliphatic heterocycles. The zero-order valence-electron chi connectivity index (χ0n) is 10.6. The first-order valence-corrected chi connectivity index (χ1v) is 6.38. The summed E-state index contributed by atoms with van der Waals surface area (Å²) >= 11 is 0. The molecule has 1 saturated carbocycles. The summed E-state index contributed by atoms with van der Waals surface area (Å²) in [5.41, 5.74) is 0.738. The van der Waals surface area contributed by atoms with Crippen LogP contribution >= 0.6 is 0 Å². The van der Waals surface area contributed by atoms with Crippen LogP contribution in [-0.2, 0) is 9.59 Å². The van der Waals surface area contributed by atoms with E-state index in [0.717, 1.165) is 5.69 Å². The number of carbonyl (C=O) groups excluding carboxylic acids is 1. The number of anilines is 1. The minimum absolute atomic E-state index is 0.0825. The summed E-state index contributed by atoms with van der Waals surface area (Å²) in [7, 11) is 0. The van der Waals surface area contributed by atoms with Crippen molar-refractivity contribution < 1.29 is 19.4 Å². The molecule has 3 unspecified atom stereocenters. The number of hydrogen-bond acceptors (Lipinski definition) is 3. The number of benzene rings is 1. The Morgan fingerprint density at radius 3 is 2.74 bits per heavy atom. The third-order valence-corrected chi connectivity index (χ3v) is 3.61. The van der Waals surface area contributed by atoms with Crippen molar-refractivity contribution in [2.24, 2.45) is 11.8 Å². The number of ether oxygens (including phenoxy) is 1. The molecule has 1 aromatic rings. The largest absolute Gasteiger partial charge is 0.487 e. The Bertz CT molecular complexity index is 542. The van der Waals surface area contributed by atoms with Crippen LogP contribution in [0, 0.1) is 11.8 Å². The molecule has 19 heavy (non-hydrogen) atoms. The van der Waals surface area contributed by atoms with Gasteiger partial charge in [-0.25, -0.2) is 0 Å². The molecule has 1 N–H and O–H groups in total. The highest BCUT2D eigenvalue weighted by Gasteiger charge is 2.50. The van der Waals surface area contributed by atoms with Crippen LogP contribution in [0.1, 0.15) is 13.3 Å². The Hall–Kier alpha value is -2.04. The number of para-hydroxylation sites is 2. The molecule has 0 radical (unpaired) electrons. The van der Waals surface area contributed by atoms with Crippen molar-refractivity contribution in [3.63, 3.8) is 0 Å². The quantitative estimate of drug-likeness (QED) is 0.876. The maximum Gasteiger partial charge on any atom is 0.307 e. The van der Waals surface area contributed by atoms with E-state index in [4.69, 9.17) is 9.84 Å². The number of carboxylic acids is 1. The molecule has 0 saturated heterocycles. The zero-order chi connectivity index (χ0) is 13.6. The lowest BCUT2D eigenvalue weighted by Crippen LogP contribution is -2.43. The fourth-order valence-electron chi connectivity index (χ4n) is 2.54. The van der Waals surface area contributed by atoms with Crippen molar-refractivity contribution in [3.8, 4) is 5.75 Å². The fourth-order valence-corrected chi connectivity index (χ4v) is 2.54. The Morgan fingerprint density at radius 2 is 2.05 bits per heavy atom. The smallest absolute Gasteiger partial charge is 0.307 e. The minimum Gasteiger partial charge on any atom is -0.487 e. The van der Waals surface area contributed by atoms with Gasteiger partial charge in [-0.05, 0) is 25.5 Å². The molecule has 1 amide bonds. The van der Waals surface area contributed by atoms with E-state index in [1.807, 2.05) is 31.2 Å². The van der Waals surface area contributed by atoms with E-state index in [-0.39, 0.29) is 17.9 Å². The number of fused-ring (bicyclic) bond motifs is 1. The Morgan fingerprint density at radius 1 is 1.32 bits per heavy atom. The van der Waals surface area contributed by atoms with Crippen LogP contribution in [0.3, 0.4) is 0 Å². The molecule has 0 spiro atoms. The predicted molar refractivity (Wildman–Crippen MR) is 68.1 cm³/mol. The molecule has 3 rings (SSSR count). The van der Waals surface area contributed by atoms with Gasteiger partial charge in [-0.2, -0.15) is 0 Å². The van der Waals surface area contributed by atoms with Gasteiger partial charge in [0.15, 0.2) is 0 Å². The first-order valence-electron chi connectivity index (χ1n) is 6.38. The molecule has 1 aliphatic carbocycles. The van der Waals surface area contributed by atoms with E-state index in [1.165, 1.54) is 0 Å². The minimum atomic E-state index is -0.882. The standard InChI is InChI=1S/C14H15NO4/c1-8-7-15(11-4-2-3-5-12(11)19-8)13(16)9-6-10(9)14(17)18/h2-5,8-10H,6-7H2,1H3,(H,17,18). The van der Waals surface area contributed by atoms with Crippen LogP contribution in [0.15, 0.2) is 24.3 Å². The summed E-state index contributed by atoms with van der Waals surface area (Å²) < 4.78 is 5.68. The molecule has 3 atom stereocenters. The van der Waals surface area contributed by atoms with Gasteiger partial charge in [0.2, 0.25) is 5.91 Å². The second kappa shape index (κ2) is 4.26.